The van der Waals surface area contributed by atoms with Gasteiger partial charge in [0.25, 0.3) is 0 Å². The average Bonchev–Trinajstić information content (AvgIpc) is 0.763. The molecule has 7 aliphatic heterocycles. The molecule has 1 saturated heterocycles. The number of benzene rings is 7. The van der Waals surface area contributed by atoms with E-state index in [0.29, 0.717) is 0 Å². The summed E-state index contributed by atoms with van der Waals surface area (Å²) in [5.41, 5.74) is 3.96. The Kier molecular flexibility index (Phi) is 20.8. The van der Waals surface area contributed by atoms with Crippen molar-refractivity contribution in [2.75, 3.05) is 19.8 Å². The summed E-state index contributed by atoms with van der Waals surface area (Å²) >= 11 is 14.1. The SMILES string of the molecule is CCOC(=O)CNC(=O)[C@H]1NC(=O)[C@H]2NC(=O)[C@H](NC(=O)[C@@H]3NC(=O)[C@H]4NC(=O)[C@@H](Cc5ccc(c(Cl)c5)Oc5cc3cc(c5O)Oc3ccc(cc3Cl)[C@H]2O[C@@H]2O[C@@H](CO)[C@@H](O)[C@H](O)[C@@H]2NC(C)=O)NC(=O)[C@H](N)c2ccc(O)c(c2)Oc2cc(O)cc4c2)c2ccc(O)c(c2)-c2c(O)cc(O)cc21. The maximum Gasteiger partial charge on any atom is 0.325 e. The van der Waals surface area contributed by atoms with Crippen molar-refractivity contribution in [3.63, 3.8) is 0 Å². The van der Waals surface area contributed by atoms with E-state index in [-0.39, 0.29) is 68.9 Å². The predicted octanol–water partition coefficient (Wildman–Crippen LogP) is 2.55. The second kappa shape index (κ2) is 29.9. The summed E-state index contributed by atoms with van der Waals surface area (Å²) in [6.07, 6.45) is -10.3. The highest BCUT2D eigenvalue weighted by atomic mass is 35.5. The number of nitrogens with two attached hydrogens (primary N) is 1. The van der Waals surface area contributed by atoms with Crippen LogP contribution in [0.5, 0.6) is 69.0 Å². The summed E-state index contributed by atoms with van der Waals surface area (Å²) in [4.78, 5) is 134. The number of amides is 8. The number of hydrogen-bond acceptors (Lipinski definition) is 25. The van der Waals surface area contributed by atoms with Gasteiger partial charge in [0.05, 0.1) is 23.3 Å². The molecule has 17 bridgehead atoms. The Morgan fingerprint density at radius 2 is 1.20 bits per heavy atom. The van der Waals surface area contributed by atoms with Crippen LogP contribution in [0.3, 0.4) is 0 Å². The fourth-order valence-electron chi connectivity index (χ4n) is 12.6. The number of ether oxygens (including phenoxy) is 6. The number of phenolic OH excluding ortho intramolecular Hbond substituents is 6. The van der Waals surface area contributed by atoms with Crippen LogP contribution in [0.2, 0.25) is 10.0 Å². The molecule has 1 fully saturated rings. The molecule has 0 unspecified atom stereocenters. The molecule has 0 aromatic heterocycles. The Labute approximate surface area is 603 Å². The van der Waals surface area contributed by atoms with Crippen molar-refractivity contribution in [3.05, 3.63) is 164 Å². The molecular formula is C70H65Cl2N9O24. The molecule has 13 atom stereocenters. The van der Waals surface area contributed by atoms with Crippen molar-refractivity contribution in [1.29, 1.82) is 0 Å². The Hall–Kier alpha value is -11.7. The Morgan fingerprint density at radius 3 is 1.87 bits per heavy atom. The number of nitrogens with one attached hydrogen (secondary N) is 8. The van der Waals surface area contributed by atoms with Gasteiger partial charge in [0, 0.05) is 36.6 Å². The molecule has 105 heavy (non-hydrogen) atoms. The fourth-order valence-corrected chi connectivity index (χ4v) is 13.1. The van der Waals surface area contributed by atoms with E-state index >= 15 is 24.0 Å². The van der Waals surface area contributed by atoms with E-state index in [0.717, 1.165) is 73.7 Å². The van der Waals surface area contributed by atoms with E-state index in [4.69, 9.17) is 57.4 Å². The summed E-state index contributed by atoms with van der Waals surface area (Å²) in [7, 11) is 0. The second-order valence-electron chi connectivity index (χ2n) is 24.8. The summed E-state index contributed by atoms with van der Waals surface area (Å²) < 4.78 is 36.3. The summed E-state index contributed by atoms with van der Waals surface area (Å²) in [5.74, 6) is -17.5. The number of carbonyl (C=O) groups is 9. The van der Waals surface area contributed by atoms with Gasteiger partial charge in [0.2, 0.25) is 53.0 Å². The third-order valence-corrected chi connectivity index (χ3v) is 18.3. The highest BCUT2D eigenvalue weighted by molar-refractivity contribution is 6.32. The topological polar surface area (TPSA) is 513 Å². The van der Waals surface area contributed by atoms with Gasteiger partial charge in [0.1, 0.15) is 120 Å². The molecule has 0 spiro atoms. The van der Waals surface area contributed by atoms with Gasteiger partial charge < -0.3 is 123 Å². The van der Waals surface area contributed by atoms with Crippen molar-refractivity contribution in [2.24, 2.45) is 5.73 Å². The molecule has 0 saturated carbocycles. The molecule has 35 heteroatoms. The predicted molar refractivity (Wildman–Crippen MR) is 361 cm³/mol. The number of halogens is 2. The van der Waals surface area contributed by atoms with Gasteiger partial charge in [0.15, 0.2) is 29.3 Å². The van der Waals surface area contributed by atoms with Crippen LogP contribution in [-0.4, -0.2) is 162 Å². The first kappa shape index (κ1) is 73.1. The van der Waals surface area contributed by atoms with E-state index in [2.05, 4.69) is 42.5 Å². The monoisotopic (exact) mass is 1490 g/mol. The number of carbonyl (C=O) groups excluding carboxylic acids is 9. The average molecular weight is 1490 g/mol. The summed E-state index contributed by atoms with van der Waals surface area (Å²) in [6, 6.07) is 5.13. The maximum atomic E-state index is 16.2. The van der Waals surface area contributed by atoms with Crippen LogP contribution >= 0.6 is 23.2 Å². The van der Waals surface area contributed by atoms with Crippen molar-refractivity contribution in [1.82, 2.24) is 42.5 Å². The standard InChI is InChI=1S/C70H65Cl2N9O24/c1-3-100-50(89)24-74-65(95)56-37-22-34(85)23-43(88)51(37)36-16-29(6-8-41(36)86)53-66(96)81-58(69(99)80-56)62(105-70-57(75-26(2)83)61(92)60(91)49(25-82)104-70)30-7-11-45(39(72)17-30)103-48-20-32-19-47(59(48)90)102-44-10-4-27(12-38(44)71)13-40-63(93)77-54(67(97)79-55(32)68(98)78-53)31-14-33(84)21-35(15-31)101-46-18-28(5-9-42(46)87)52(73)64(94)76-40/h4-12,14-23,40,49,52-58,60-62,70,82,84-88,90-92H,3,13,24-25,73H2,1-2H3,(H,74,95)(H,75,83)(H,76,94)(H,77,93)(H,78,98)(H,79,97)(H,80,99)(H,81,96)/t40-,49+,52-,53-,54+,55-,56+,57+,58+,60-,61-,62-,70+/m1/s1. The van der Waals surface area contributed by atoms with Crippen LogP contribution in [0.1, 0.15) is 89.1 Å². The Morgan fingerprint density at radius 1 is 0.590 bits per heavy atom. The van der Waals surface area contributed by atoms with Gasteiger partial charge in [-0.3, -0.25) is 43.2 Å². The summed E-state index contributed by atoms with van der Waals surface area (Å²) in [6.45, 7) is 0.482. The molecule has 548 valence electrons. The van der Waals surface area contributed by atoms with E-state index < -0.39 is 219 Å². The molecule has 33 nitrogen and oxygen atoms in total. The van der Waals surface area contributed by atoms with Crippen molar-refractivity contribution < 1.29 is 118 Å². The zero-order chi connectivity index (χ0) is 75.1. The summed E-state index contributed by atoms with van der Waals surface area (Å²) in [5, 5.41) is 123. The quantitative estimate of drug-likeness (QED) is 0.0972. The zero-order valence-electron chi connectivity index (χ0n) is 54.8. The molecule has 7 aliphatic rings. The lowest BCUT2D eigenvalue weighted by Crippen LogP contribution is -2.65. The number of aliphatic hydroxyl groups is 3. The number of hydrogen-bond donors (Lipinski definition) is 18. The lowest BCUT2D eigenvalue weighted by molar-refractivity contribution is -0.284. The van der Waals surface area contributed by atoms with Gasteiger partial charge in [-0.15, -0.1) is 0 Å². The van der Waals surface area contributed by atoms with E-state index in [1.165, 1.54) is 55.5 Å². The molecule has 0 radical (unpaired) electrons. The van der Waals surface area contributed by atoms with Crippen molar-refractivity contribution in [3.8, 4) is 80.1 Å². The van der Waals surface area contributed by atoms with Gasteiger partial charge in [-0.25, -0.2) is 0 Å². The van der Waals surface area contributed by atoms with Crippen LogP contribution in [0, 0.1) is 0 Å². The van der Waals surface area contributed by atoms with Crippen LogP contribution < -0.4 is 62.5 Å². The van der Waals surface area contributed by atoms with E-state index in [9.17, 15) is 65.1 Å². The second-order valence-corrected chi connectivity index (χ2v) is 25.6. The minimum atomic E-state index is -2.40. The molecule has 7 aromatic rings. The van der Waals surface area contributed by atoms with Crippen LogP contribution in [0.15, 0.2) is 115 Å². The zero-order valence-corrected chi connectivity index (χ0v) is 56.3. The lowest BCUT2D eigenvalue weighted by atomic mass is 9.89. The van der Waals surface area contributed by atoms with Gasteiger partial charge in [-0.05, 0) is 125 Å². The molecule has 19 N–H and O–H groups in total. The van der Waals surface area contributed by atoms with Crippen LogP contribution in [0.25, 0.3) is 11.1 Å². The first-order chi connectivity index (χ1) is 50.0. The molecule has 7 heterocycles. The molecule has 8 amide bonds. The maximum absolute atomic E-state index is 16.2. The Balaban J connectivity index is 1.10. The minimum Gasteiger partial charge on any atom is -0.508 e. The normalized spacial score (nSPS) is 24.4. The van der Waals surface area contributed by atoms with E-state index in [1.807, 2.05) is 0 Å². The van der Waals surface area contributed by atoms with Crippen LogP contribution in [-0.2, 0) is 63.8 Å². The molecule has 7 aromatic carbocycles. The van der Waals surface area contributed by atoms with Gasteiger partial charge in [-0.2, -0.15) is 0 Å². The number of phenols is 6. The smallest absolute Gasteiger partial charge is 0.325 e. The molecular weight excluding hydrogens is 1420 g/mol. The highest BCUT2D eigenvalue weighted by Gasteiger charge is 2.49. The number of esters is 1. The number of aromatic hydroxyl groups is 6. The lowest BCUT2D eigenvalue weighted by Gasteiger charge is -2.44. The molecule has 0 aliphatic carbocycles. The first-order valence-electron chi connectivity index (χ1n) is 32.2. The van der Waals surface area contributed by atoms with Crippen molar-refractivity contribution >= 4 is 76.4 Å². The van der Waals surface area contributed by atoms with Gasteiger partial charge in [-0.1, -0.05) is 47.5 Å². The molecule has 14 rings (SSSR count). The highest BCUT2D eigenvalue weighted by Crippen LogP contribution is 2.49. The third-order valence-electron chi connectivity index (χ3n) is 17.7. The first-order valence-corrected chi connectivity index (χ1v) is 32.9. The minimum absolute atomic E-state index is 0.0872. The van der Waals surface area contributed by atoms with Gasteiger partial charge >= 0.3 is 5.97 Å². The largest absolute Gasteiger partial charge is 0.508 e. The number of aliphatic hydroxyl groups excluding tert-OH is 3. The number of rotatable bonds is 8. The van der Waals surface area contributed by atoms with Crippen molar-refractivity contribution in [2.45, 2.75) is 99.3 Å². The fraction of sp³-hybridized carbons (Fsp3) is 0.271. The van der Waals surface area contributed by atoms with Crippen LogP contribution in [0.4, 0.5) is 0 Å². The van der Waals surface area contributed by atoms with E-state index in [1.54, 1.807) is 0 Å². The third kappa shape index (κ3) is 15.2. The number of fused-ring (bicyclic) bond motifs is 14. The Bertz CT molecular complexity index is 4720.